The van der Waals surface area contributed by atoms with Crippen LogP contribution in [-0.2, 0) is 0 Å². The molecule has 3 aromatic heterocycles. The number of furan rings is 1. The zero-order valence-corrected chi connectivity index (χ0v) is 30.1. The van der Waals surface area contributed by atoms with E-state index in [1.807, 2.05) is 36.4 Å². The van der Waals surface area contributed by atoms with Crippen molar-refractivity contribution in [2.24, 2.45) is 0 Å². The zero-order valence-electron chi connectivity index (χ0n) is 30.1. The van der Waals surface area contributed by atoms with E-state index in [9.17, 15) is 0 Å². The van der Waals surface area contributed by atoms with E-state index < -0.39 is 0 Å². The minimum Gasteiger partial charge on any atom is -0.455 e. The van der Waals surface area contributed by atoms with Crippen molar-refractivity contribution < 1.29 is 4.42 Å². The van der Waals surface area contributed by atoms with Gasteiger partial charge in [-0.05, 0) is 74.8 Å². The van der Waals surface area contributed by atoms with E-state index >= 15 is 0 Å². The van der Waals surface area contributed by atoms with Crippen molar-refractivity contribution in [1.82, 2.24) is 14.5 Å². The Bertz CT molecular complexity index is 3430. The van der Waals surface area contributed by atoms with Gasteiger partial charge in [-0.2, -0.15) is 0 Å². The monoisotopic (exact) mass is 713 g/mol. The molecule has 0 atom stereocenters. The second-order valence-corrected chi connectivity index (χ2v) is 14.5. The maximum atomic E-state index is 7.10. The molecule has 0 aliphatic carbocycles. The molecule has 4 heteroatoms. The first-order valence-corrected chi connectivity index (χ1v) is 19.0. The molecule has 0 amide bonds. The van der Waals surface area contributed by atoms with Crippen molar-refractivity contribution in [3.05, 3.63) is 188 Å². The molecule has 0 bridgehead atoms. The molecular weight excluding hydrogens is 683 g/mol. The summed E-state index contributed by atoms with van der Waals surface area (Å²) in [5, 5.41) is 12.0. The van der Waals surface area contributed by atoms with Gasteiger partial charge in [0.05, 0.1) is 27.8 Å². The molecule has 0 aliphatic heterocycles. The Balaban J connectivity index is 1.11. The fraction of sp³-hybridized carbons (Fsp3) is 0. The van der Waals surface area contributed by atoms with E-state index in [2.05, 4.69) is 156 Å². The lowest BCUT2D eigenvalue weighted by molar-refractivity contribution is 0.674. The number of aromatic nitrogens is 3. The number of para-hydroxylation sites is 2. The first-order valence-electron chi connectivity index (χ1n) is 19.0. The van der Waals surface area contributed by atoms with Gasteiger partial charge in [0, 0.05) is 38.5 Å². The van der Waals surface area contributed by atoms with E-state index in [0.29, 0.717) is 5.82 Å². The lowest BCUT2D eigenvalue weighted by atomic mass is 9.94. The van der Waals surface area contributed by atoms with Crippen molar-refractivity contribution in [2.45, 2.75) is 0 Å². The SMILES string of the molecule is c1ccc(-c2cc(-c3cccc4c3oc3c4ccc4c3c3ccccc3n4-c3ccc4c5ccccc5c5ccccc5c4c3)nc(-c3ccccc3)n2)cc1. The highest BCUT2D eigenvalue weighted by Gasteiger charge is 2.22. The topological polar surface area (TPSA) is 43.9 Å². The minimum absolute atomic E-state index is 0.677. The minimum atomic E-state index is 0.677. The average Bonchev–Trinajstić information content (AvgIpc) is 3.83. The number of fused-ring (bicyclic) bond motifs is 13. The third-order valence-electron chi connectivity index (χ3n) is 11.4. The van der Waals surface area contributed by atoms with Crippen LogP contribution in [-0.4, -0.2) is 14.5 Å². The van der Waals surface area contributed by atoms with Gasteiger partial charge in [0.1, 0.15) is 11.2 Å². The van der Waals surface area contributed by atoms with Gasteiger partial charge in [-0.25, -0.2) is 9.97 Å². The molecule has 0 fully saturated rings. The lowest BCUT2D eigenvalue weighted by Gasteiger charge is -2.13. The van der Waals surface area contributed by atoms with E-state index in [1.165, 1.54) is 32.3 Å². The Hall–Kier alpha value is -7.56. The number of nitrogens with zero attached hydrogens (tertiary/aromatic N) is 3. The van der Waals surface area contributed by atoms with Crippen molar-refractivity contribution in [3.8, 4) is 39.6 Å². The number of benzene rings is 9. The Morgan fingerprint density at radius 1 is 0.357 bits per heavy atom. The first kappa shape index (κ1) is 30.9. The van der Waals surface area contributed by atoms with Gasteiger partial charge in [0.25, 0.3) is 0 Å². The van der Waals surface area contributed by atoms with Crippen LogP contribution in [0.2, 0.25) is 0 Å². The Kier molecular flexibility index (Phi) is 6.60. The van der Waals surface area contributed by atoms with E-state index in [4.69, 9.17) is 14.4 Å². The van der Waals surface area contributed by atoms with Crippen LogP contribution < -0.4 is 0 Å². The molecule has 260 valence electrons. The molecule has 0 unspecified atom stereocenters. The Morgan fingerprint density at radius 2 is 0.911 bits per heavy atom. The fourth-order valence-corrected chi connectivity index (χ4v) is 8.88. The second-order valence-electron chi connectivity index (χ2n) is 14.5. The van der Waals surface area contributed by atoms with Crippen LogP contribution in [0.4, 0.5) is 0 Å². The number of hydrogen-bond donors (Lipinski definition) is 0. The normalized spacial score (nSPS) is 11.9. The summed E-state index contributed by atoms with van der Waals surface area (Å²) in [4.78, 5) is 10.2. The summed E-state index contributed by atoms with van der Waals surface area (Å²) in [6, 6.07) is 66.5. The summed E-state index contributed by atoms with van der Waals surface area (Å²) in [7, 11) is 0. The summed E-state index contributed by atoms with van der Waals surface area (Å²) < 4.78 is 9.50. The van der Waals surface area contributed by atoms with Crippen LogP contribution >= 0.6 is 0 Å². The zero-order chi connectivity index (χ0) is 36.7. The first-order chi connectivity index (χ1) is 27.8. The Morgan fingerprint density at radius 3 is 1.64 bits per heavy atom. The van der Waals surface area contributed by atoms with Gasteiger partial charge in [-0.1, -0.05) is 146 Å². The molecule has 0 aliphatic rings. The molecule has 12 rings (SSSR count). The largest absolute Gasteiger partial charge is 0.455 e. The van der Waals surface area contributed by atoms with Gasteiger partial charge < -0.3 is 8.98 Å². The predicted molar refractivity (Wildman–Crippen MR) is 232 cm³/mol. The van der Waals surface area contributed by atoms with Crippen molar-refractivity contribution >= 4 is 76.1 Å². The standard InChI is InChI=1S/C52H31N3O/c1-3-14-32(15-4-1)45-31-46(54-52(53-45)33-16-5-2-6-17-33)42-24-13-23-40-41-28-29-48-49(51(41)56-50(40)42)43-22-11-12-25-47(43)55(48)34-26-27-39-37-20-8-7-18-35(37)36-19-9-10-21-38(36)44(39)30-34/h1-31H. The molecule has 4 nitrogen and oxygen atoms in total. The Labute approximate surface area is 321 Å². The van der Waals surface area contributed by atoms with Crippen LogP contribution in [0.5, 0.6) is 0 Å². The van der Waals surface area contributed by atoms with E-state index in [-0.39, 0.29) is 0 Å². The summed E-state index contributed by atoms with van der Waals surface area (Å²) in [6.45, 7) is 0. The molecule has 3 heterocycles. The molecule has 12 aromatic rings. The smallest absolute Gasteiger partial charge is 0.160 e. The van der Waals surface area contributed by atoms with Gasteiger partial charge in [0.15, 0.2) is 5.82 Å². The van der Waals surface area contributed by atoms with Crippen LogP contribution in [0.25, 0.3) is 116 Å². The fourth-order valence-electron chi connectivity index (χ4n) is 8.88. The molecule has 0 saturated carbocycles. The highest BCUT2D eigenvalue weighted by Crippen LogP contribution is 2.44. The summed E-state index contributed by atoms with van der Waals surface area (Å²) >= 11 is 0. The predicted octanol–water partition coefficient (Wildman–Crippen LogP) is 13.9. The third-order valence-corrected chi connectivity index (χ3v) is 11.4. The van der Waals surface area contributed by atoms with Gasteiger partial charge >= 0.3 is 0 Å². The number of rotatable bonds is 4. The molecular formula is C52H31N3O. The molecule has 0 radical (unpaired) electrons. The van der Waals surface area contributed by atoms with Crippen molar-refractivity contribution in [1.29, 1.82) is 0 Å². The summed E-state index contributed by atoms with van der Waals surface area (Å²) in [6.07, 6.45) is 0. The van der Waals surface area contributed by atoms with Gasteiger partial charge in [-0.3, -0.25) is 0 Å². The summed E-state index contributed by atoms with van der Waals surface area (Å²) in [5.41, 5.74) is 9.65. The highest BCUT2D eigenvalue weighted by atomic mass is 16.3. The molecule has 9 aromatic carbocycles. The molecule has 0 saturated heterocycles. The lowest BCUT2D eigenvalue weighted by Crippen LogP contribution is -1.96. The second kappa shape index (κ2) is 12.0. The average molecular weight is 714 g/mol. The van der Waals surface area contributed by atoms with E-state index in [0.717, 1.165) is 77.5 Å². The van der Waals surface area contributed by atoms with Crippen LogP contribution in [0.1, 0.15) is 0 Å². The van der Waals surface area contributed by atoms with Crippen LogP contribution in [0.3, 0.4) is 0 Å². The van der Waals surface area contributed by atoms with Gasteiger partial charge in [-0.15, -0.1) is 0 Å². The summed E-state index contributed by atoms with van der Waals surface area (Å²) in [5.74, 6) is 0.677. The van der Waals surface area contributed by atoms with Crippen LogP contribution in [0.15, 0.2) is 192 Å². The van der Waals surface area contributed by atoms with E-state index in [1.54, 1.807) is 0 Å². The third kappa shape index (κ3) is 4.53. The van der Waals surface area contributed by atoms with Crippen molar-refractivity contribution in [3.63, 3.8) is 0 Å². The quantitative estimate of drug-likeness (QED) is 0.171. The maximum absolute atomic E-state index is 7.10. The highest BCUT2D eigenvalue weighted by molar-refractivity contribution is 6.27. The van der Waals surface area contributed by atoms with Gasteiger partial charge in [0.2, 0.25) is 0 Å². The maximum Gasteiger partial charge on any atom is 0.160 e. The molecule has 56 heavy (non-hydrogen) atoms. The molecule has 0 N–H and O–H groups in total. The van der Waals surface area contributed by atoms with Crippen molar-refractivity contribution in [2.75, 3.05) is 0 Å². The van der Waals surface area contributed by atoms with Crippen LogP contribution in [0, 0.1) is 0 Å². The molecule has 0 spiro atoms. The number of hydrogen-bond acceptors (Lipinski definition) is 3.